The van der Waals surface area contributed by atoms with E-state index in [1.54, 1.807) is 0 Å². The highest BCUT2D eigenvalue weighted by Crippen LogP contribution is 2.11. The maximum Gasteiger partial charge on any atom is 0.279 e. The molecule has 5 nitrogen and oxygen atoms in total. The number of hydrogen-bond donors (Lipinski definition) is 1. The van der Waals surface area contributed by atoms with Gasteiger partial charge in [-0.3, -0.25) is 0 Å². The quantitative estimate of drug-likeness (QED) is 0.725. The van der Waals surface area contributed by atoms with Gasteiger partial charge in [-0.05, 0) is 19.3 Å². The smallest absolute Gasteiger partial charge is 0.279 e. The van der Waals surface area contributed by atoms with Crippen LogP contribution in [-0.2, 0) is 14.9 Å². The van der Waals surface area contributed by atoms with Crippen LogP contribution in [0.4, 0.5) is 0 Å². The first kappa shape index (κ1) is 11.9. The minimum Gasteiger partial charge on any atom is -0.377 e. The van der Waals surface area contributed by atoms with Gasteiger partial charge in [-0.2, -0.15) is 17.4 Å². The maximum atomic E-state index is 11.3. The van der Waals surface area contributed by atoms with Gasteiger partial charge >= 0.3 is 0 Å². The van der Waals surface area contributed by atoms with Crippen LogP contribution in [0.2, 0.25) is 0 Å². The SMILES string of the molecule is CN(C)S(=O)(=O)NCC1CCCCO1. The Bertz CT molecular complexity index is 258. The summed E-state index contributed by atoms with van der Waals surface area (Å²) < 4.78 is 31.7. The molecule has 0 aromatic heterocycles. The number of hydrogen-bond acceptors (Lipinski definition) is 3. The van der Waals surface area contributed by atoms with E-state index in [2.05, 4.69) is 4.72 Å². The lowest BCUT2D eigenvalue weighted by Crippen LogP contribution is -2.41. The Hall–Kier alpha value is -0.170. The fraction of sp³-hybridized carbons (Fsp3) is 1.00. The van der Waals surface area contributed by atoms with Crippen LogP contribution >= 0.6 is 0 Å². The molecule has 0 aromatic rings. The molecular formula is C8H18N2O3S. The maximum absolute atomic E-state index is 11.3. The van der Waals surface area contributed by atoms with Crippen LogP contribution in [0.3, 0.4) is 0 Å². The molecule has 1 N–H and O–H groups in total. The van der Waals surface area contributed by atoms with Crippen molar-refractivity contribution in [1.82, 2.24) is 9.03 Å². The first-order valence-electron chi connectivity index (χ1n) is 4.81. The van der Waals surface area contributed by atoms with E-state index in [4.69, 9.17) is 4.74 Å². The lowest BCUT2D eigenvalue weighted by atomic mass is 10.1. The standard InChI is InChI=1S/C8H18N2O3S/c1-10(2)14(11,12)9-7-8-5-3-4-6-13-8/h8-9H,3-7H2,1-2H3. The third-order valence-electron chi connectivity index (χ3n) is 2.25. The van der Waals surface area contributed by atoms with Crippen LogP contribution in [0.15, 0.2) is 0 Å². The highest BCUT2D eigenvalue weighted by Gasteiger charge is 2.18. The summed E-state index contributed by atoms with van der Waals surface area (Å²) in [5.74, 6) is 0. The van der Waals surface area contributed by atoms with Crippen molar-refractivity contribution in [2.45, 2.75) is 25.4 Å². The van der Waals surface area contributed by atoms with Gasteiger partial charge in [0.2, 0.25) is 0 Å². The summed E-state index contributed by atoms with van der Waals surface area (Å²) >= 11 is 0. The van der Waals surface area contributed by atoms with Crippen molar-refractivity contribution in [2.75, 3.05) is 27.2 Å². The van der Waals surface area contributed by atoms with Crippen LogP contribution < -0.4 is 4.72 Å². The Kier molecular flexibility index (Phi) is 4.31. The minimum absolute atomic E-state index is 0.0403. The molecule has 0 aliphatic carbocycles. The van der Waals surface area contributed by atoms with Crippen LogP contribution in [0.5, 0.6) is 0 Å². The van der Waals surface area contributed by atoms with E-state index in [1.807, 2.05) is 0 Å². The molecule has 0 amide bonds. The van der Waals surface area contributed by atoms with Gasteiger partial charge in [0.05, 0.1) is 6.10 Å². The zero-order valence-corrected chi connectivity index (χ0v) is 9.51. The van der Waals surface area contributed by atoms with Gasteiger partial charge in [-0.15, -0.1) is 0 Å². The normalized spacial score (nSPS) is 24.1. The van der Waals surface area contributed by atoms with Crippen molar-refractivity contribution in [3.63, 3.8) is 0 Å². The van der Waals surface area contributed by atoms with Gasteiger partial charge in [-0.1, -0.05) is 0 Å². The molecule has 6 heteroatoms. The van der Waals surface area contributed by atoms with Crippen molar-refractivity contribution in [3.05, 3.63) is 0 Å². The summed E-state index contributed by atoms with van der Waals surface area (Å²) in [5.41, 5.74) is 0. The van der Waals surface area contributed by atoms with Crippen LogP contribution in [0.1, 0.15) is 19.3 Å². The van der Waals surface area contributed by atoms with Crippen molar-refractivity contribution < 1.29 is 13.2 Å². The van der Waals surface area contributed by atoms with Crippen molar-refractivity contribution in [2.24, 2.45) is 0 Å². The molecule has 0 radical (unpaired) electrons. The van der Waals surface area contributed by atoms with Crippen molar-refractivity contribution >= 4 is 10.2 Å². The Labute approximate surface area is 85.6 Å². The van der Waals surface area contributed by atoms with E-state index in [0.717, 1.165) is 30.2 Å². The van der Waals surface area contributed by atoms with Crippen molar-refractivity contribution in [1.29, 1.82) is 0 Å². The fourth-order valence-corrected chi connectivity index (χ4v) is 1.95. The summed E-state index contributed by atoms with van der Waals surface area (Å²) in [6, 6.07) is 0. The van der Waals surface area contributed by atoms with Gasteiger partial charge < -0.3 is 4.74 Å². The largest absolute Gasteiger partial charge is 0.377 e. The first-order valence-corrected chi connectivity index (χ1v) is 6.25. The number of ether oxygens (including phenoxy) is 1. The van der Waals surface area contributed by atoms with Crippen molar-refractivity contribution in [3.8, 4) is 0 Å². The predicted octanol–water partition coefficient (Wildman–Crippen LogP) is -0.0485. The molecule has 1 atom stereocenters. The number of rotatable bonds is 4. The molecule has 0 bridgehead atoms. The Morgan fingerprint density at radius 3 is 2.64 bits per heavy atom. The second kappa shape index (κ2) is 5.06. The topological polar surface area (TPSA) is 58.6 Å². The molecule has 0 saturated carbocycles. The molecule has 1 heterocycles. The average molecular weight is 222 g/mol. The Morgan fingerprint density at radius 2 is 2.14 bits per heavy atom. The second-order valence-corrected chi connectivity index (χ2v) is 5.59. The van der Waals surface area contributed by atoms with Gasteiger partial charge in [0, 0.05) is 27.2 Å². The van der Waals surface area contributed by atoms with Gasteiger partial charge in [0.25, 0.3) is 10.2 Å². The summed E-state index contributed by atoms with van der Waals surface area (Å²) in [4.78, 5) is 0. The summed E-state index contributed by atoms with van der Waals surface area (Å²) in [6.07, 6.45) is 3.18. The number of nitrogens with one attached hydrogen (secondary N) is 1. The molecule has 1 unspecified atom stereocenters. The highest BCUT2D eigenvalue weighted by molar-refractivity contribution is 7.87. The van der Waals surface area contributed by atoms with Crippen LogP contribution in [0.25, 0.3) is 0 Å². The average Bonchev–Trinajstić information content (AvgIpc) is 2.16. The molecule has 0 aromatic carbocycles. The number of nitrogens with zero attached hydrogens (tertiary/aromatic N) is 1. The monoisotopic (exact) mass is 222 g/mol. The van der Waals surface area contributed by atoms with E-state index in [-0.39, 0.29) is 6.10 Å². The Morgan fingerprint density at radius 1 is 1.43 bits per heavy atom. The second-order valence-electron chi connectivity index (χ2n) is 3.62. The lowest BCUT2D eigenvalue weighted by Gasteiger charge is -2.23. The van der Waals surface area contributed by atoms with Gasteiger partial charge in [-0.25, -0.2) is 0 Å². The van der Waals surface area contributed by atoms with E-state index in [0.29, 0.717) is 6.54 Å². The van der Waals surface area contributed by atoms with Gasteiger partial charge in [0.1, 0.15) is 0 Å². The van der Waals surface area contributed by atoms with E-state index < -0.39 is 10.2 Å². The zero-order chi connectivity index (χ0) is 10.6. The molecule has 1 aliphatic heterocycles. The minimum atomic E-state index is -3.29. The third-order valence-corrected chi connectivity index (χ3v) is 3.74. The van der Waals surface area contributed by atoms with Crippen LogP contribution in [-0.4, -0.2) is 46.1 Å². The van der Waals surface area contributed by atoms with Crippen LogP contribution in [0, 0.1) is 0 Å². The van der Waals surface area contributed by atoms with E-state index >= 15 is 0 Å². The molecule has 84 valence electrons. The summed E-state index contributed by atoms with van der Waals surface area (Å²) in [5, 5.41) is 0. The van der Waals surface area contributed by atoms with E-state index in [1.165, 1.54) is 14.1 Å². The highest BCUT2D eigenvalue weighted by atomic mass is 32.2. The lowest BCUT2D eigenvalue weighted by molar-refractivity contribution is 0.0198. The van der Waals surface area contributed by atoms with Gasteiger partial charge in [0.15, 0.2) is 0 Å². The fourth-order valence-electron chi connectivity index (χ4n) is 1.30. The molecule has 1 aliphatic rings. The molecule has 1 fully saturated rings. The molecular weight excluding hydrogens is 204 g/mol. The zero-order valence-electron chi connectivity index (χ0n) is 8.69. The predicted molar refractivity (Wildman–Crippen MR) is 54.2 cm³/mol. The molecule has 1 saturated heterocycles. The van der Waals surface area contributed by atoms with E-state index in [9.17, 15) is 8.42 Å². The third kappa shape index (κ3) is 3.53. The molecule has 14 heavy (non-hydrogen) atoms. The first-order chi connectivity index (χ1) is 6.52. The molecule has 0 spiro atoms. The Balaban J connectivity index is 2.32. The molecule has 1 rings (SSSR count). The summed E-state index contributed by atoms with van der Waals surface area (Å²) in [7, 11) is -0.286. The summed E-state index contributed by atoms with van der Waals surface area (Å²) in [6.45, 7) is 1.12.